The molecule has 0 amide bonds. The molecular weight excluding hydrogens is 458 g/mol. The van der Waals surface area contributed by atoms with Gasteiger partial charge in [0.25, 0.3) is 5.56 Å². The third-order valence-corrected chi connectivity index (χ3v) is 7.49. The van der Waals surface area contributed by atoms with Gasteiger partial charge in [0.15, 0.2) is 11.6 Å². The fourth-order valence-electron chi connectivity index (χ4n) is 4.48. The number of hydrogen-bond donors (Lipinski definition) is 1. The molecule has 3 aromatic heterocycles. The number of nitrogens with zero attached hydrogens (tertiary/aromatic N) is 4. The van der Waals surface area contributed by atoms with Gasteiger partial charge in [0.05, 0.1) is 22.8 Å². The van der Waals surface area contributed by atoms with Crippen LogP contribution in [0.3, 0.4) is 0 Å². The van der Waals surface area contributed by atoms with Crippen molar-refractivity contribution < 1.29 is 13.9 Å². The number of aromatic nitrogens is 4. The molecule has 0 atom stereocenters. The van der Waals surface area contributed by atoms with E-state index in [9.17, 15) is 18.7 Å². The van der Waals surface area contributed by atoms with Crippen LogP contribution in [0.2, 0.25) is 0 Å². The number of aromatic hydroxyl groups is 1. The van der Waals surface area contributed by atoms with Gasteiger partial charge in [-0.05, 0) is 48.9 Å². The lowest BCUT2D eigenvalue weighted by Gasteiger charge is -2.15. The van der Waals surface area contributed by atoms with Gasteiger partial charge in [-0.2, -0.15) is 5.10 Å². The smallest absolute Gasteiger partial charge is 0.263 e. The number of phenols is 1. The van der Waals surface area contributed by atoms with Crippen molar-refractivity contribution in [2.45, 2.75) is 32.2 Å². The molecule has 172 valence electrons. The van der Waals surface area contributed by atoms with Crippen LogP contribution in [-0.2, 0) is 13.6 Å². The van der Waals surface area contributed by atoms with Crippen molar-refractivity contribution in [1.82, 2.24) is 19.3 Å². The zero-order valence-corrected chi connectivity index (χ0v) is 19.3. The number of halogens is 2. The molecule has 1 saturated carbocycles. The van der Waals surface area contributed by atoms with Gasteiger partial charge in [-0.3, -0.25) is 14.0 Å². The molecule has 1 aliphatic carbocycles. The molecule has 0 spiro atoms. The third-order valence-electron chi connectivity index (χ3n) is 6.39. The first kappa shape index (κ1) is 21.0. The second kappa shape index (κ2) is 7.46. The fourth-order valence-corrected chi connectivity index (χ4v) is 5.64. The molecule has 0 radical (unpaired) electrons. The molecule has 2 aromatic carbocycles. The summed E-state index contributed by atoms with van der Waals surface area (Å²) in [4.78, 5) is 19.2. The van der Waals surface area contributed by atoms with E-state index in [1.807, 2.05) is 6.07 Å². The van der Waals surface area contributed by atoms with Crippen molar-refractivity contribution in [3.63, 3.8) is 0 Å². The molecule has 0 unspecified atom stereocenters. The van der Waals surface area contributed by atoms with Crippen molar-refractivity contribution >= 4 is 31.6 Å². The Balaban J connectivity index is 1.70. The molecule has 6 rings (SSSR count). The molecule has 1 fully saturated rings. The molecule has 0 aliphatic heterocycles. The van der Waals surface area contributed by atoms with Gasteiger partial charge in [0.2, 0.25) is 0 Å². The highest BCUT2D eigenvalue weighted by atomic mass is 32.1. The Morgan fingerprint density at radius 1 is 1.21 bits per heavy atom. The van der Waals surface area contributed by atoms with Crippen LogP contribution in [0.4, 0.5) is 8.78 Å². The van der Waals surface area contributed by atoms with Crippen LogP contribution < -0.4 is 5.56 Å². The van der Waals surface area contributed by atoms with Gasteiger partial charge in [-0.25, -0.2) is 13.8 Å². The second-order valence-electron chi connectivity index (χ2n) is 8.87. The largest absolute Gasteiger partial charge is 0.506 e. The minimum absolute atomic E-state index is 0.110. The Morgan fingerprint density at radius 3 is 2.68 bits per heavy atom. The number of thiophene rings is 1. The lowest BCUT2D eigenvalue weighted by atomic mass is 10.0. The van der Waals surface area contributed by atoms with E-state index in [1.165, 1.54) is 22.0 Å². The van der Waals surface area contributed by atoms with Crippen molar-refractivity contribution in [3.05, 3.63) is 75.3 Å². The summed E-state index contributed by atoms with van der Waals surface area (Å²) in [6.45, 7) is 1.96. The Labute approximate surface area is 196 Å². The molecule has 34 heavy (non-hydrogen) atoms. The quantitative estimate of drug-likeness (QED) is 0.384. The molecule has 1 N–H and O–H groups in total. The Morgan fingerprint density at radius 2 is 1.97 bits per heavy atom. The van der Waals surface area contributed by atoms with Crippen LogP contribution in [0.1, 0.15) is 35.4 Å². The van der Waals surface area contributed by atoms with Gasteiger partial charge in [-0.15, -0.1) is 11.3 Å². The maximum absolute atomic E-state index is 14.4. The highest BCUT2D eigenvalue weighted by molar-refractivity contribution is 7.25. The second-order valence-corrected chi connectivity index (χ2v) is 9.87. The predicted octanol–water partition coefficient (Wildman–Crippen LogP) is 5.23. The minimum Gasteiger partial charge on any atom is -0.506 e. The zero-order valence-electron chi connectivity index (χ0n) is 18.5. The number of phenolic OH excluding ortho intramolecular Hbond substituents is 1. The highest BCUT2D eigenvalue weighted by Crippen LogP contribution is 2.45. The van der Waals surface area contributed by atoms with Crippen LogP contribution >= 0.6 is 11.3 Å². The van der Waals surface area contributed by atoms with E-state index in [1.54, 1.807) is 37.1 Å². The monoisotopic (exact) mass is 478 g/mol. The first-order valence-electron chi connectivity index (χ1n) is 10.9. The molecule has 6 nitrogen and oxygen atoms in total. The summed E-state index contributed by atoms with van der Waals surface area (Å²) in [6, 6.07) is 5.95. The molecule has 0 saturated heterocycles. The first-order valence-corrected chi connectivity index (χ1v) is 11.8. The van der Waals surface area contributed by atoms with Crippen LogP contribution in [0.15, 0.2) is 41.5 Å². The summed E-state index contributed by atoms with van der Waals surface area (Å²) in [7, 11) is 1.78. The van der Waals surface area contributed by atoms with Crippen molar-refractivity contribution in [3.8, 4) is 17.1 Å². The van der Waals surface area contributed by atoms with E-state index in [0.29, 0.717) is 37.0 Å². The predicted molar refractivity (Wildman–Crippen MR) is 127 cm³/mol. The van der Waals surface area contributed by atoms with Crippen LogP contribution in [0.5, 0.6) is 5.75 Å². The van der Waals surface area contributed by atoms with Crippen molar-refractivity contribution in [2.24, 2.45) is 7.05 Å². The van der Waals surface area contributed by atoms with Gasteiger partial charge in [-0.1, -0.05) is 12.1 Å². The summed E-state index contributed by atoms with van der Waals surface area (Å²) in [5.74, 6) is -1.38. The first-order chi connectivity index (χ1) is 16.3. The molecular formula is C25H20F2N4O2S. The number of fused-ring (bicyclic) bond motifs is 3. The summed E-state index contributed by atoms with van der Waals surface area (Å²) in [5.41, 5.74) is 2.25. The highest BCUT2D eigenvalue weighted by Gasteiger charge is 2.30. The average Bonchev–Trinajstić information content (AvgIpc) is 3.46. The number of hydrogen-bond acceptors (Lipinski definition) is 5. The Hall–Kier alpha value is -3.59. The van der Waals surface area contributed by atoms with E-state index in [2.05, 4.69) is 5.10 Å². The topological polar surface area (TPSA) is 72.9 Å². The average molecular weight is 479 g/mol. The molecule has 1 aliphatic rings. The van der Waals surface area contributed by atoms with E-state index in [0.717, 1.165) is 24.5 Å². The van der Waals surface area contributed by atoms with Gasteiger partial charge in [0.1, 0.15) is 16.4 Å². The van der Waals surface area contributed by atoms with E-state index in [-0.39, 0.29) is 29.6 Å². The zero-order chi connectivity index (χ0) is 23.7. The third kappa shape index (κ3) is 3.22. The summed E-state index contributed by atoms with van der Waals surface area (Å²) >= 11 is 1.22. The fraction of sp³-hybridized carbons (Fsp3) is 0.240. The van der Waals surface area contributed by atoms with E-state index < -0.39 is 11.6 Å². The van der Waals surface area contributed by atoms with E-state index >= 15 is 0 Å². The number of rotatable bonds is 4. The minimum atomic E-state index is -0.980. The summed E-state index contributed by atoms with van der Waals surface area (Å²) in [5, 5.41) is 15.8. The SMILES string of the molecule is Cc1ccc2c(sc3nc(-c4cc(F)c(F)cc4C4CC4)n(Cc4cnn(C)c4)c(=O)c32)c1O. The maximum Gasteiger partial charge on any atom is 0.263 e. The normalized spacial score (nSPS) is 13.9. The molecule has 3 heterocycles. The molecule has 5 aromatic rings. The molecule has 0 bridgehead atoms. The van der Waals surface area contributed by atoms with Crippen LogP contribution in [-0.4, -0.2) is 24.4 Å². The van der Waals surface area contributed by atoms with Crippen molar-refractivity contribution in [2.75, 3.05) is 0 Å². The lowest BCUT2D eigenvalue weighted by molar-refractivity contribution is 0.478. The molecule has 9 heteroatoms. The van der Waals surface area contributed by atoms with Gasteiger partial charge < -0.3 is 5.11 Å². The van der Waals surface area contributed by atoms with E-state index in [4.69, 9.17) is 4.98 Å². The van der Waals surface area contributed by atoms with Crippen LogP contribution in [0, 0.1) is 18.6 Å². The summed E-state index contributed by atoms with van der Waals surface area (Å²) < 4.78 is 32.3. The van der Waals surface area contributed by atoms with Crippen LogP contribution in [0.25, 0.3) is 31.7 Å². The standard InChI is InChI=1S/C25H20F2N4O2S/c1-12-3-6-15-20-24(34-22(15)21(12)32)29-23(31(25(20)33)11-13-9-28-30(2)10-13)17-8-19(27)18(26)7-16(17)14-4-5-14/h3,6-10,14,32H,4-5,11H2,1-2H3. The van der Waals surface area contributed by atoms with Gasteiger partial charge >= 0.3 is 0 Å². The van der Waals surface area contributed by atoms with Crippen molar-refractivity contribution in [1.29, 1.82) is 0 Å². The Bertz CT molecular complexity index is 1680. The number of benzene rings is 2. The summed E-state index contributed by atoms with van der Waals surface area (Å²) in [6.07, 6.45) is 5.22. The Kier molecular flexibility index (Phi) is 4.60. The number of aryl methyl sites for hydroxylation is 2. The maximum atomic E-state index is 14.4. The van der Waals surface area contributed by atoms with Gasteiger partial charge in [0, 0.05) is 29.8 Å². The lowest BCUT2D eigenvalue weighted by Crippen LogP contribution is -2.24.